The fourth-order valence-electron chi connectivity index (χ4n) is 1.99. The molecule has 0 aliphatic carbocycles. The van der Waals surface area contributed by atoms with Gasteiger partial charge in [-0.2, -0.15) is 0 Å². The highest BCUT2D eigenvalue weighted by molar-refractivity contribution is 5.98. The Bertz CT molecular complexity index is 759. The summed E-state index contributed by atoms with van der Waals surface area (Å²) in [6.45, 7) is -0.420. The Labute approximate surface area is 144 Å². The molecule has 0 saturated carbocycles. The number of ether oxygens (including phenoxy) is 3. The number of rotatable bonds is 7. The minimum atomic E-state index is -0.669. The SMILES string of the molecule is COc1cc(/C=C/C(=O)OCC(=O)c2ccc(F)cc2)cc(OC)c1. The molecule has 0 spiro atoms. The van der Waals surface area contributed by atoms with Crippen molar-refractivity contribution in [2.24, 2.45) is 0 Å². The van der Waals surface area contributed by atoms with Gasteiger partial charge in [-0.3, -0.25) is 4.79 Å². The van der Waals surface area contributed by atoms with Crippen molar-refractivity contribution in [3.63, 3.8) is 0 Å². The summed E-state index contributed by atoms with van der Waals surface area (Å²) < 4.78 is 28.0. The number of Topliss-reactive ketones (excluding diaryl/α,β-unsaturated/α-hetero) is 1. The van der Waals surface area contributed by atoms with E-state index in [1.165, 1.54) is 50.6 Å². The van der Waals surface area contributed by atoms with E-state index in [0.29, 0.717) is 17.1 Å². The average molecular weight is 344 g/mol. The summed E-state index contributed by atoms with van der Waals surface area (Å²) in [6.07, 6.45) is 2.72. The van der Waals surface area contributed by atoms with Gasteiger partial charge in [-0.15, -0.1) is 0 Å². The zero-order valence-electron chi connectivity index (χ0n) is 13.8. The molecule has 0 amide bonds. The van der Waals surface area contributed by atoms with Gasteiger partial charge in [0.1, 0.15) is 17.3 Å². The van der Waals surface area contributed by atoms with E-state index in [4.69, 9.17) is 14.2 Å². The highest BCUT2D eigenvalue weighted by Gasteiger charge is 2.08. The number of ketones is 1. The molecule has 130 valence electrons. The number of hydrogen-bond donors (Lipinski definition) is 0. The Hall–Kier alpha value is -3.15. The van der Waals surface area contributed by atoms with Crippen LogP contribution in [0.25, 0.3) is 6.08 Å². The highest BCUT2D eigenvalue weighted by Crippen LogP contribution is 2.23. The van der Waals surface area contributed by atoms with E-state index in [1.807, 2.05) is 0 Å². The summed E-state index contributed by atoms with van der Waals surface area (Å²) >= 11 is 0. The molecule has 0 saturated heterocycles. The van der Waals surface area contributed by atoms with E-state index in [-0.39, 0.29) is 5.56 Å². The molecule has 25 heavy (non-hydrogen) atoms. The maximum absolute atomic E-state index is 12.8. The van der Waals surface area contributed by atoms with E-state index < -0.39 is 24.2 Å². The maximum atomic E-state index is 12.8. The van der Waals surface area contributed by atoms with E-state index in [0.717, 1.165) is 0 Å². The van der Waals surface area contributed by atoms with Gasteiger partial charge in [0.15, 0.2) is 12.4 Å². The van der Waals surface area contributed by atoms with Gasteiger partial charge in [-0.25, -0.2) is 9.18 Å². The summed E-state index contributed by atoms with van der Waals surface area (Å²) in [4.78, 5) is 23.6. The van der Waals surface area contributed by atoms with Crippen molar-refractivity contribution in [3.05, 3.63) is 65.5 Å². The van der Waals surface area contributed by atoms with E-state index >= 15 is 0 Å². The summed E-state index contributed by atoms with van der Waals surface area (Å²) in [5.74, 6) is -0.357. The molecule has 0 N–H and O–H groups in total. The van der Waals surface area contributed by atoms with Crippen LogP contribution in [0.5, 0.6) is 11.5 Å². The quantitative estimate of drug-likeness (QED) is 0.438. The Kier molecular flexibility index (Phi) is 6.28. The second-order valence-electron chi connectivity index (χ2n) is 5.02. The monoisotopic (exact) mass is 344 g/mol. The van der Waals surface area contributed by atoms with Gasteiger partial charge in [0.05, 0.1) is 14.2 Å². The summed E-state index contributed by atoms with van der Waals surface area (Å²) in [7, 11) is 3.05. The molecule has 0 aliphatic heterocycles. The minimum Gasteiger partial charge on any atom is -0.497 e. The van der Waals surface area contributed by atoms with E-state index in [1.54, 1.807) is 18.2 Å². The molecule has 0 radical (unpaired) electrons. The predicted molar refractivity (Wildman–Crippen MR) is 90.3 cm³/mol. The van der Waals surface area contributed by atoms with Crippen LogP contribution in [-0.4, -0.2) is 32.6 Å². The topological polar surface area (TPSA) is 61.8 Å². The molecule has 0 aliphatic rings. The second-order valence-corrected chi connectivity index (χ2v) is 5.02. The van der Waals surface area contributed by atoms with Crippen LogP contribution in [0, 0.1) is 5.82 Å². The summed E-state index contributed by atoms with van der Waals surface area (Å²) in [5.41, 5.74) is 0.953. The zero-order valence-corrected chi connectivity index (χ0v) is 13.8. The lowest BCUT2D eigenvalue weighted by molar-refractivity contribution is -0.136. The molecule has 0 fully saturated rings. The smallest absolute Gasteiger partial charge is 0.331 e. The van der Waals surface area contributed by atoms with E-state index in [2.05, 4.69) is 0 Å². The molecule has 0 aromatic heterocycles. The fraction of sp³-hybridized carbons (Fsp3) is 0.158. The van der Waals surface area contributed by atoms with Crippen LogP contribution in [0.15, 0.2) is 48.5 Å². The molecule has 0 heterocycles. The summed E-state index contributed by atoms with van der Waals surface area (Å²) in [6, 6.07) is 10.2. The van der Waals surface area contributed by atoms with Crippen molar-refractivity contribution in [2.45, 2.75) is 0 Å². The first-order valence-corrected chi connectivity index (χ1v) is 7.38. The van der Waals surface area contributed by atoms with Gasteiger partial charge < -0.3 is 14.2 Å². The van der Waals surface area contributed by atoms with Crippen LogP contribution >= 0.6 is 0 Å². The second kappa shape index (κ2) is 8.63. The number of halogens is 1. The van der Waals surface area contributed by atoms with Crippen LogP contribution in [0.2, 0.25) is 0 Å². The molecule has 2 rings (SSSR count). The Morgan fingerprint density at radius 3 is 2.16 bits per heavy atom. The van der Waals surface area contributed by atoms with Gasteiger partial charge in [-0.05, 0) is 48.0 Å². The molecular weight excluding hydrogens is 327 g/mol. The number of benzene rings is 2. The van der Waals surface area contributed by atoms with Crippen molar-refractivity contribution in [1.82, 2.24) is 0 Å². The molecule has 0 unspecified atom stereocenters. The Balaban J connectivity index is 1.94. The highest BCUT2D eigenvalue weighted by atomic mass is 19.1. The fourth-order valence-corrected chi connectivity index (χ4v) is 1.99. The molecular formula is C19H17FO5. The number of carbonyl (C=O) groups is 2. The Morgan fingerprint density at radius 2 is 1.60 bits per heavy atom. The lowest BCUT2D eigenvalue weighted by Gasteiger charge is -2.06. The van der Waals surface area contributed by atoms with Crippen molar-refractivity contribution in [3.8, 4) is 11.5 Å². The number of methoxy groups -OCH3 is 2. The van der Waals surface area contributed by atoms with Gasteiger partial charge in [-0.1, -0.05) is 0 Å². The lowest BCUT2D eigenvalue weighted by Crippen LogP contribution is -2.12. The third-order valence-corrected chi connectivity index (χ3v) is 3.30. The molecule has 2 aromatic rings. The van der Waals surface area contributed by atoms with Crippen LogP contribution < -0.4 is 9.47 Å². The van der Waals surface area contributed by atoms with Crippen LogP contribution in [-0.2, 0) is 9.53 Å². The van der Waals surface area contributed by atoms with Crippen molar-refractivity contribution in [2.75, 3.05) is 20.8 Å². The molecule has 6 heteroatoms. The molecule has 2 aromatic carbocycles. The third-order valence-electron chi connectivity index (χ3n) is 3.30. The molecule has 0 atom stereocenters. The van der Waals surface area contributed by atoms with Crippen LogP contribution in [0.4, 0.5) is 4.39 Å². The van der Waals surface area contributed by atoms with E-state index in [9.17, 15) is 14.0 Å². The number of esters is 1. The van der Waals surface area contributed by atoms with Gasteiger partial charge in [0.2, 0.25) is 0 Å². The average Bonchev–Trinajstić information content (AvgIpc) is 2.64. The standard InChI is InChI=1S/C19H17FO5/c1-23-16-9-13(10-17(11-16)24-2)3-8-19(22)25-12-18(21)14-4-6-15(20)7-5-14/h3-11H,12H2,1-2H3/b8-3+. The maximum Gasteiger partial charge on any atom is 0.331 e. The third kappa shape index (κ3) is 5.46. The van der Waals surface area contributed by atoms with Crippen LogP contribution in [0.3, 0.4) is 0 Å². The Morgan fingerprint density at radius 1 is 1.00 bits per heavy atom. The number of carbonyl (C=O) groups excluding carboxylic acids is 2. The lowest BCUT2D eigenvalue weighted by atomic mass is 10.1. The molecule has 0 bridgehead atoms. The number of hydrogen-bond acceptors (Lipinski definition) is 5. The zero-order chi connectivity index (χ0) is 18.2. The van der Waals surface area contributed by atoms with Gasteiger partial charge in [0, 0.05) is 17.7 Å². The first kappa shape index (κ1) is 18.2. The first-order chi connectivity index (χ1) is 12.0. The van der Waals surface area contributed by atoms with Crippen molar-refractivity contribution in [1.29, 1.82) is 0 Å². The molecule has 5 nitrogen and oxygen atoms in total. The van der Waals surface area contributed by atoms with Crippen LogP contribution in [0.1, 0.15) is 15.9 Å². The van der Waals surface area contributed by atoms with Gasteiger partial charge in [0.25, 0.3) is 0 Å². The van der Waals surface area contributed by atoms with Crippen molar-refractivity contribution < 1.29 is 28.2 Å². The van der Waals surface area contributed by atoms with Gasteiger partial charge >= 0.3 is 5.97 Å². The largest absolute Gasteiger partial charge is 0.497 e. The summed E-state index contributed by atoms with van der Waals surface area (Å²) in [5, 5.41) is 0. The predicted octanol–water partition coefficient (Wildman–Crippen LogP) is 3.28. The van der Waals surface area contributed by atoms with Crippen molar-refractivity contribution >= 4 is 17.8 Å². The minimum absolute atomic E-state index is 0.274. The first-order valence-electron chi connectivity index (χ1n) is 7.38. The normalized spacial score (nSPS) is 10.5.